The van der Waals surface area contributed by atoms with Gasteiger partial charge in [0.1, 0.15) is 0 Å². The molecule has 1 aromatic rings. The number of ether oxygens (including phenoxy) is 1. The predicted molar refractivity (Wildman–Crippen MR) is 41.8 cm³/mol. The summed E-state index contributed by atoms with van der Waals surface area (Å²) in [6.45, 7) is 2.27. The van der Waals surface area contributed by atoms with Crippen LogP contribution in [-0.2, 0) is 0 Å². The fourth-order valence-electron chi connectivity index (χ4n) is 0.662. The molecule has 4 nitrogen and oxygen atoms in total. The van der Waals surface area contributed by atoms with Crippen molar-refractivity contribution in [2.75, 3.05) is 6.61 Å². The number of aromatic amines is 1. The Labute approximate surface area is 69.0 Å². The van der Waals surface area contributed by atoms with E-state index in [-0.39, 0.29) is 5.88 Å². The molecule has 1 N–H and O–H groups in total. The highest BCUT2D eigenvalue weighted by Gasteiger charge is 2.02. The van der Waals surface area contributed by atoms with Crippen LogP contribution in [0, 0.1) is 9.85 Å². The molecule has 0 saturated heterocycles. The van der Waals surface area contributed by atoms with E-state index in [1.165, 1.54) is 6.07 Å². The number of rotatable bonds is 2. The van der Waals surface area contributed by atoms with Crippen molar-refractivity contribution in [2.24, 2.45) is 0 Å². The maximum Gasteiger partial charge on any atom is 0.403 e. The Balaban J connectivity index is 2.99. The van der Waals surface area contributed by atoms with Crippen LogP contribution in [0.5, 0.6) is 5.88 Å². The summed E-state index contributed by atoms with van der Waals surface area (Å²) in [7, 11) is 0. The molecule has 11 heavy (non-hydrogen) atoms. The molecule has 0 bridgehead atoms. The molecule has 0 fully saturated rings. The maximum absolute atomic E-state index is 10.9. The van der Waals surface area contributed by atoms with Crippen LogP contribution in [0.1, 0.15) is 6.92 Å². The highest BCUT2D eigenvalue weighted by Crippen LogP contribution is 1.99. The largest absolute Gasteiger partial charge is 0.593 e. The van der Waals surface area contributed by atoms with Gasteiger partial charge < -0.3 is 9.94 Å². The second-order valence-corrected chi connectivity index (χ2v) is 2.31. The zero-order valence-corrected chi connectivity index (χ0v) is 6.85. The molecule has 1 aromatic heterocycles. The van der Waals surface area contributed by atoms with Gasteiger partial charge in [0.15, 0.2) is 4.64 Å². The van der Waals surface area contributed by atoms with Crippen LogP contribution in [-0.4, -0.2) is 11.7 Å². The summed E-state index contributed by atoms with van der Waals surface area (Å²) in [4.78, 5) is 0.506. The van der Waals surface area contributed by atoms with Crippen LogP contribution in [0.4, 0.5) is 0 Å². The smallest absolute Gasteiger partial charge is 0.403 e. The van der Waals surface area contributed by atoms with Crippen molar-refractivity contribution in [1.29, 1.82) is 0 Å². The minimum absolute atomic E-state index is 0.237. The van der Waals surface area contributed by atoms with Crippen molar-refractivity contribution < 1.29 is 9.58 Å². The summed E-state index contributed by atoms with van der Waals surface area (Å²) in [5, 5.41) is 13.3. The van der Waals surface area contributed by atoms with E-state index in [9.17, 15) is 5.21 Å². The Kier molecular flexibility index (Phi) is 2.43. The summed E-state index contributed by atoms with van der Waals surface area (Å²) in [5.74, 6) is 0.237. The number of hydrogen-bond acceptors (Lipinski definition) is 3. The Morgan fingerprint density at radius 3 is 3.00 bits per heavy atom. The molecular weight excluding hydrogens is 164 g/mol. The van der Waals surface area contributed by atoms with Crippen LogP contribution < -0.4 is 9.58 Å². The zero-order valence-electron chi connectivity index (χ0n) is 6.03. The molecule has 1 heterocycles. The second-order valence-electron chi connectivity index (χ2n) is 1.88. The molecule has 0 amide bonds. The van der Waals surface area contributed by atoms with Gasteiger partial charge in [-0.2, -0.15) is 0 Å². The van der Waals surface area contributed by atoms with Gasteiger partial charge >= 0.3 is 5.88 Å². The maximum atomic E-state index is 10.9. The number of hydrogen-bond donors (Lipinski definition) is 1. The Morgan fingerprint density at radius 2 is 2.45 bits per heavy atom. The van der Waals surface area contributed by atoms with Gasteiger partial charge in [0.25, 0.3) is 0 Å². The summed E-state index contributed by atoms with van der Waals surface area (Å²) < 4.78 is 5.36. The summed E-state index contributed by atoms with van der Waals surface area (Å²) >= 11 is 4.71. The summed E-state index contributed by atoms with van der Waals surface area (Å²) in [6.07, 6.45) is 0. The van der Waals surface area contributed by atoms with Crippen molar-refractivity contribution in [3.05, 3.63) is 22.0 Å². The fraction of sp³-hybridized carbons (Fsp3) is 0.333. The number of nitrogens with one attached hydrogen (secondary N) is 1. The molecule has 0 aromatic carbocycles. The van der Waals surface area contributed by atoms with E-state index in [4.69, 9.17) is 17.0 Å². The third kappa shape index (κ3) is 1.91. The van der Waals surface area contributed by atoms with E-state index >= 15 is 0 Å². The third-order valence-electron chi connectivity index (χ3n) is 1.08. The van der Waals surface area contributed by atoms with E-state index < -0.39 is 0 Å². The first-order chi connectivity index (χ1) is 5.24. The highest BCUT2D eigenvalue weighted by molar-refractivity contribution is 7.71. The van der Waals surface area contributed by atoms with Crippen LogP contribution in [0.3, 0.4) is 0 Å². The normalized spacial score (nSPS) is 9.55. The fourth-order valence-corrected chi connectivity index (χ4v) is 0.813. The molecular formula is C6H8N2O2S. The Bertz CT molecular complexity index is 297. The quantitative estimate of drug-likeness (QED) is 0.407. The monoisotopic (exact) mass is 172 g/mol. The molecule has 0 aliphatic carbocycles. The van der Waals surface area contributed by atoms with Crippen molar-refractivity contribution in [3.63, 3.8) is 0 Å². The van der Waals surface area contributed by atoms with E-state index in [2.05, 4.69) is 5.10 Å². The van der Waals surface area contributed by atoms with E-state index in [0.29, 0.717) is 16.1 Å². The number of nitrogens with zero attached hydrogens (tertiary/aromatic N) is 1. The number of aromatic nitrogens is 2. The Morgan fingerprint density at radius 1 is 1.73 bits per heavy atom. The van der Waals surface area contributed by atoms with Crippen LogP contribution in [0.25, 0.3) is 0 Å². The lowest BCUT2D eigenvalue weighted by molar-refractivity contribution is -0.675. The van der Waals surface area contributed by atoms with Crippen molar-refractivity contribution in [1.82, 2.24) is 5.10 Å². The standard InChI is InChI=1S/C6H8N2O2S/c1-2-10-6-4-3-5(11)7-8(6)9/h3-4H,2H2,1H3,(H,7,11). The minimum Gasteiger partial charge on any atom is -0.593 e. The van der Waals surface area contributed by atoms with Gasteiger partial charge in [0.05, 0.1) is 12.7 Å². The SMILES string of the molecule is CCOc1ccc(=S)[nH][n+]1[O-]. The first kappa shape index (κ1) is 8.00. The van der Waals surface area contributed by atoms with E-state index in [0.717, 1.165) is 0 Å². The van der Waals surface area contributed by atoms with E-state index in [1.807, 2.05) is 6.92 Å². The van der Waals surface area contributed by atoms with Crippen molar-refractivity contribution >= 4 is 12.2 Å². The molecule has 0 radical (unpaired) electrons. The van der Waals surface area contributed by atoms with Crippen LogP contribution in [0.2, 0.25) is 0 Å². The van der Waals surface area contributed by atoms with Gasteiger partial charge in [-0.15, -0.1) is 5.10 Å². The lowest BCUT2D eigenvalue weighted by atomic mass is 10.6. The molecule has 0 unspecified atom stereocenters. The van der Waals surface area contributed by atoms with Gasteiger partial charge in [0, 0.05) is 0 Å². The van der Waals surface area contributed by atoms with Crippen molar-refractivity contribution in [3.8, 4) is 5.88 Å². The lowest BCUT2D eigenvalue weighted by Crippen LogP contribution is -2.33. The third-order valence-corrected chi connectivity index (χ3v) is 1.31. The molecule has 0 saturated carbocycles. The molecule has 0 spiro atoms. The van der Waals surface area contributed by atoms with Gasteiger partial charge in [-0.25, -0.2) is 0 Å². The van der Waals surface area contributed by atoms with Crippen LogP contribution in [0.15, 0.2) is 12.1 Å². The van der Waals surface area contributed by atoms with Gasteiger partial charge in [-0.1, -0.05) is 12.2 Å². The molecule has 1 rings (SSSR count). The molecule has 0 aliphatic heterocycles. The first-order valence-electron chi connectivity index (χ1n) is 3.19. The average Bonchev–Trinajstić information content (AvgIpc) is 1.95. The lowest BCUT2D eigenvalue weighted by Gasteiger charge is -2.01. The molecule has 60 valence electrons. The van der Waals surface area contributed by atoms with Crippen LogP contribution >= 0.6 is 12.2 Å². The zero-order chi connectivity index (χ0) is 8.27. The number of H-pyrrole nitrogens is 1. The van der Waals surface area contributed by atoms with Gasteiger partial charge in [0.2, 0.25) is 0 Å². The molecule has 0 aliphatic rings. The van der Waals surface area contributed by atoms with Crippen molar-refractivity contribution in [2.45, 2.75) is 6.92 Å². The summed E-state index contributed by atoms with van der Waals surface area (Å²) in [5.41, 5.74) is 0. The molecule has 0 atom stereocenters. The minimum atomic E-state index is 0.237. The second kappa shape index (κ2) is 3.34. The summed E-state index contributed by atoms with van der Waals surface area (Å²) in [6, 6.07) is 3.14. The Hall–Kier alpha value is -1.10. The van der Waals surface area contributed by atoms with Gasteiger partial charge in [-0.3, -0.25) is 0 Å². The predicted octanol–water partition coefficient (Wildman–Crippen LogP) is 0.776. The highest BCUT2D eigenvalue weighted by atomic mass is 32.1. The topological polar surface area (TPSA) is 52.0 Å². The van der Waals surface area contributed by atoms with E-state index in [1.54, 1.807) is 6.07 Å². The average molecular weight is 172 g/mol. The first-order valence-corrected chi connectivity index (χ1v) is 3.60. The molecule has 5 heteroatoms. The van der Waals surface area contributed by atoms with Gasteiger partial charge in [-0.05, 0) is 17.8 Å².